The lowest BCUT2D eigenvalue weighted by atomic mass is 9.66. The van der Waals surface area contributed by atoms with Crippen LogP contribution in [0.15, 0.2) is 79.9 Å². The predicted octanol–water partition coefficient (Wildman–Crippen LogP) is 4.66. The summed E-state index contributed by atoms with van der Waals surface area (Å²) in [6.07, 6.45) is 7.90. The van der Waals surface area contributed by atoms with E-state index < -0.39 is 27.4 Å². The summed E-state index contributed by atoms with van der Waals surface area (Å²) in [7, 11) is 0. The third-order valence-corrected chi connectivity index (χ3v) is 12.1. The normalized spacial score (nSPS) is 26.0. The number of nitrogens with zero attached hydrogens (tertiary/aromatic N) is 6. The Morgan fingerprint density at radius 1 is 1.00 bits per heavy atom. The number of carbonyl (C=O) groups excluding carboxylic acids is 3. The van der Waals surface area contributed by atoms with Crippen molar-refractivity contribution in [1.29, 1.82) is 0 Å². The van der Waals surface area contributed by atoms with Crippen LogP contribution in [0.5, 0.6) is 0 Å². The molecule has 0 aliphatic carbocycles. The van der Waals surface area contributed by atoms with Crippen LogP contribution < -0.4 is 4.90 Å². The van der Waals surface area contributed by atoms with Gasteiger partial charge >= 0.3 is 0 Å². The van der Waals surface area contributed by atoms with Gasteiger partial charge in [-0.2, -0.15) is 0 Å². The third-order valence-electron chi connectivity index (χ3n) is 10.1. The van der Waals surface area contributed by atoms with Crippen molar-refractivity contribution < 1.29 is 19.5 Å². The Hall–Kier alpha value is -3.96. The molecule has 6 rings (SSSR count). The Bertz CT molecular complexity index is 1650. The molecular formula is C36H44N6O4S. The van der Waals surface area contributed by atoms with Gasteiger partial charge in [0.1, 0.15) is 18.2 Å². The molecule has 2 bridgehead atoms. The molecule has 1 aromatic heterocycles. The van der Waals surface area contributed by atoms with Crippen molar-refractivity contribution in [3.63, 3.8) is 0 Å². The molecular weight excluding hydrogens is 613 g/mol. The number of aliphatic hydroxyl groups is 1. The van der Waals surface area contributed by atoms with Crippen LogP contribution in [0.1, 0.15) is 45.4 Å². The van der Waals surface area contributed by atoms with Crippen LogP contribution in [-0.2, 0) is 21.1 Å². The highest BCUT2D eigenvalue weighted by Crippen LogP contribution is 2.71. The van der Waals surface area contributed by atoms with Crippen LogP contribution in [-0.4, -0.2) is 89.4 Å². The highest BCUT2D eigenvalue weighted by molar-refractivity contribution is 8.02. The number of benzene rings is 2. The molecule has 2 aromatic carbocycles. The van der Waals surface area contributed by atoms with E-state index in [1.54, 1.807) is 43.3 Å². The second kappa shape index (κ2) is 13.6. The number of rotatable bonds is 15. The number of anilines is 1. The summed E-state index contributed by atoms with van der Waals surface area (Å²) in [6, 6.07) is 16.4. The largest absolute Gasteiger partial charge is 0.396 e. The minimum atomic E-state index is -0.741. The molecule has 3 aromatic rings. The van der Waals surface area contributed by atoms with E-state index in [1.165, 1.54) is 0 Å². The number of aromatic nitrogens is 3. The molecule has 1 N–H and O–H groups in total. The summed E-state index contributed by atoms with van der Waals surface area (Å²) < 4.78 is 0.471. The molecule has 1 spiro atoms. The quantitative estimate of drug-likeness (QED) is 0.187. The number of hydrogen-bond acceptors (Lipinski definition) is 7. The number of carbonyl (C=O) groups is 3. The maximum absolute atomic E-state index is 14.9. The monoisotopic (exact) mass is 656 g/mol. The van der Waals surface area contributed by atoms with Crippen molar-refractivity contribution in [2.75, 3.05) is 31.1 Å². The number of fused-ring (bicyclic) bond motifs is 2. The topological polar surface area (TPSA) is 112 Å². The molecule has 3 amide bonds. The van der Waals surface area contributed by atoms with E-state index in [4.69, 9.17) is 0 Å². The standard InChI is InChI=1S/C36H44N6O4S/c1-4-21-39(25-42-28-18-12-11-17-27(28)37-38-42)34(46)31-36-20-19-35(3,47-36)29(30(36)33(45)41(31)23-13-6-7-14-24-43)32(44)40(22-5-2)26-15-9-8-10-16-26/h4-5,8-12,15-18,29-31,43H,1-2,6-7,13-14,19-25H2,3H3/t29-,30+,31?,35+,36?/m1/s1. The van der Waals surface area contributed by atoms with Gasteiger partial charge in [0, 0.05) is 36.7 Å². The van der Waals surface area contributed by atoms with Crippen molar-refractivity contribution in [2.45, 2.75) is 67.7 Å². The molecule has 4 heterocycles. The van der Waals surface area contributed by atoms with E-state index in [1.807, 2.05) is 54.6 Å². The molecule has 3 fully saturated rings. The summed E-state index contributed by atoms with van der Waals surface area (Å²) in [6.45, 7) is 11.2. The second-order valence-corrected chi connectivity index (χ2v) is 14.9. The molecule has 248 valence electrons. The fraction of sp³-hybridized carbons (Fsp3) is 0.472. The van der Waals surface area contributed by atoms with Crippen LogP contribution in [0.25, 0.3) is 11.0 Å². The smallest absolute Gasteiger partial charge is 0.248 e. The zero-order valence-electron chi connectivity index (χ0n) is 27.0. The minimum Gasteiger partial charge on any atom is -0.396 e. The number of amides is 3. The maximum atomic E-state index is 14.9. The van der Waals surface area contributed by atoms with Gasteiger partial charge < -0.3 is 19.8 Å². The van der Waals surface area contributed by atoms with Gasteiger partial charge in [-0.1, -0.05) is 60.5 Å². The molecule has 47 heavy (non-hydrogen) atoms. The Balaban J connectivity index is 1.37. The van der Waals surface area contributed by atoms with Crippen molar-refractivity contribution >= 4 is 46.2 Å². The van der Waals surface area contributed by atoms with Crippen LogP contribution in [0, 0.1) is 11.8 Å². The van der Waals surface area contributed by atoms with Gasteiger partial charge in [-0.05, 0) is 56.9 Å². The number of likely N-dealkylation sites (tertiary alicyclic amines) is 1. The lowest BCUT2D eigenvalue weighted by molar-refractivity contribution is -0.143. The van der Waals surface area contributed by atoms with Crippen molar-refractivity contribution in [3.05, 3.63) is 79.9 Å². The van der Waals surface area contributed by atoms with Gasteiger partial charge in [-0.15, -0.1) is 30.0 Å². The molecule has 0 saturated carbocycles. The number of para-hydroxylation sites is 2. The molecule has 3 saturated heterocycles. The van der Waals surface area contributed by atoms with Crippen molar-refractivity contribution in [3.8, 4) is 0 Å². The van der Waals surface area contributed by atoms with Gasteiger partial charge in [0.2, 0.25) is 17.7 Å². The third kappa shape index (κ3) is 5.77. The molecule has 3 aliphatic heterocycles. The second-order valence-electron chi connectivity index (χ2n) is 13.0. The number of unbranched alkanes of at least 4 members (excludes halogenated alkanes) is 3. The van der Waals surface area contributed by atoms with Crippen LogP contribution in [0.4, 0.5) is 5.69 Å². The van der Waals surface area contributed by atoms with Crippen molar-refractivity contribution in [1.82, 2.24) is 24.8 Å². The Morgan fingerprint density at radius 3 is 2.47 bits per heavy atom. The number of hydrogen-bond donors (Lipinski definition) is 1. The number of aliphatic hydroxyl groups excluding tert-OH is 1. The lowest BCUT2D eigenvalue weighted by Gasteiger charge is -2.38. The average Bonchev–Trinajstić information content (AvgIpc) is 3.78. The highest BCUT2D eigenvalue weighted by Gasteiger charge is 2.77. The van der Waals surface area contributed by atoms with Crippen molar-refractivity contribution in [2.24, 2.45) is 11.8 Å². The van der Waals surface area contributed by atoms with Crippen LogP contribution in [0.2, 0.25) is 0 Å². The molecule has 10 nitrogen and oxygen atoms in total. The predicted molar refractivity (Wildman–Crippen MR) is 184 cm³/mol. The molecule has 3 aliphatic rings. The van der Waals surface area contributed by atoms with E-state index in [0.717, 1.165) is 36.0 Å². The fourth-order valence-corrected chi connectivity index (χ4v) is 10.4. The molecule has 2 unspecified atom stereocenters. The SMILES string of the molecule is C=CCN(Cn1nnc2ccccc21)C(=O)C1N(CCCCCCO)C(=O)[C@@H]2[C@H](C(=O)N(CC=C)c3ccccc3)[C@]3(C)CCC12S3. The Labute approximate surface area is 280 Å². The highest BCUT2D eigenvalue weighted by atomic mass is 32.2. The molecule has 0 radical (unpaired) electrons. The van der Waals surface area contributed by atoms with Crippen LogP contribution >= 0.6 is 11.8 Å². The minimum absolute atomic E-state index is 0.0981. The van der Waals surface area contributed by atoms with Gasteiger partial charge in [0.15, 0.2) is 0 Å². The first kappa shape index (κ1) is 33.0. The van der Waals surface area contributed by atoms with E-state index in [2.05, 4.69) is 30.4 Å². The average molecular weight is 657 g/mol. The van der Waals surface area contributed by atoms with E-state index in [0.29, 0.717) is 32.4 Å². The number of thioether (sulfide) groups is 1. The van der Waals surface area contributed by atoms with E-state index in [-0.39, 0.29) is 37.5 Å². The van der Waals surface area contributed by atoms with E-state index >= 15 is 0 Å². The summed E-state index contributed by atoms with van der Waals surface area (Å²) >= 11 is 1.68. The summed E-state index contributed by atoms with van der Waals surface area (Å²) in [5.41, 5.74) is 2.31. The lowest BCUT2D eigenvalue weighted by Crippen LogP contribution is -2.55. The molecule has 5 atom stereocenters. The van der Waals surface area contributed by atoms with Crippen LogP contribution in [0.3, 0.4) is 0 Å². The summed E-state index contributed by atoms with van der Waals surface area (Å²) in [4.78, 5) is 49.5. The zero-order valence-corrected chi connectivity index (χ0v) is 27.9. The Kier molecular flexibility index (Phi) is 9.57. The van der Waals surface area contributed by atoms with Gasteiger partial charge in [-0.3, -0.25) is 14.4 Å². The molecule has 11 heteroatoms. The van der Waals surface area contributed by atoms with Gasteiger partial charge in [0.25, 0.3) is 0 Å². The summed E-state index contributed by atoms with van der Waals surface area (Å²) in [5.74, 6) is -1.59. The Morgan fingerprint density at radius 2 is 1.72 bits per heavy atom. The maximum Gasteiger partial charge on any atom is 0.248 e. The first-order chi connectivity index (χ1) is 22.8. The van der Waals surface area contributed by atoms with Gasteiger partial charge in [-0.25, -0.2) is 4.68 Å². The fourth-order valence-electron chi connectivity index (χ4n) is 8.03. The summed E-state index contributed by atoms with van der Waals surface area (Å²) in [5, 5.41) is 17.9. The van der Waals surface area contributed by atoms with Gasteiger partial charge in [0.05, 0.1) is 22.1 Å². The van der Waals surface area contributed by atoms with E-state index in [9.17, 15) is 19.5 Å². The zero-order chi connectivity index (χ0) is 33.2. The first-order valence-electron chi connectivity index (χ1n) is 16.6. The first-order valence-corrected chi connectivity index (χ1v) is 17.4.